The number of nitrogens with zero attached hydrogens (tertiary/aromatic N) is 3. The Labute approximate surface area is 170 Å². The van der Waals surface area contributed by atoms with E-state index in [1.807, 2.05) is 20.1 Å². The molecule has 1 aromatic rings. The third-order valence-corrected chi connectivity index (χ3v) is 5.67. The van der Waals surface area contributed by atoms with Gasteiger partial charge in [-0.2, -0.15) is 5.26 Å². The maximum absolute atomic E-state index is 12.4. The molecule has 7 nitrogen and oxygen atoms in total. The van der Waals surface area contributed by atoms with Crippen molar-refractivity contribution in [1.29, 1.82) is 5.26 Å². The lowest BCUT2D eigenvalue weighted by Crippen LogP contribution is -2.52. The molecule has 2 rings (SSSR count). The summed E-state index contributed by atoms with van der Waals surface area (Å²) in [4.78, 5) is 33.4. The van der Waals surface area contributed by atoms with E-state index in [-0.39, 0.29) is 6.42 Å². The Morgan fingerprint density at radius 1 is 1.25 bits per heavy atom. The van der Waals surface area contributed by atoms with Crippen molar-refractivity contribution in [3.8, 4) is 6.07 Å². The van der Waals surface area contributed by atoms with Crippen molar-refractivity contribution in [3.63, 3.8) is 0 Å². The summed E-state index contributed by atoms with van der Waals surface area (Å²) in [6.45, 7) is 5.33. The van der Waals surface area contributed by atoms with Crippen LogP contribution >= 0.6 is 11.8 Å². The monoisotopic (exact) mass is 404 g/mol. The standard InChI is InChI=1S/C20H28N4O3S/c1-13-16(14(2)23-19(22-13)28-4)8-9-17(25)27-15(3)18(26)24-20(12-21)10-6-5-7-11-20/h15H,5-11H2,1-4H3,(H,24,26)/t15-/m0/s1. The highest BCUT2D eigenvalue weighted by molar-refractivity contribution is 7.98. The molecule has 1 N–H and O–H groups in total. The fourth-order valence-electron chi connectivity index (χ4n) is 3.46. The molecule has 0 aliphatic heterocycles. The van der Waals surface area contributed by atoms with E-state index in [9.17, 15) is 14.9 Å². The van der Waals surface area contributed by atoms with Crippen molar-refractivity contribution in [2.75, 3.05) is 6.26 Å². The number of rotatable bonds is 7. The van der Waals surface area contributed by atoms with Crippen LogP contribution in [0.15, 0.2) is 5.16 Å². The minimum Gasteiger partial charge on any atom is -0.453 e. The van der Waals surface area contributed by atoms with Gasteiger partial charge in [0, 0.05) is 17.8 Å². The van der Waals surface area contributed by atoms with Crippen molar-refractivity contribution in [2.45, 2.75) is 82.5 Å². The number of esters is 1. The molecule has 0 spiro atoms. The Hall–Kier alpha value is -2.14. The molecule has 1 aliphatic carbocycles. The Bertz CT molecular complexity index is 746. The van der Waals surface area contributed by atoms with Crippen LogP contribution in [0.2, 0.25) is 0 Å². The zero-order valence-corrected chi connectivity index (χ0v) is 17.8. The second-order valence-electron chi connectivity index (χ2n) is 7.24. The minimum atomic E-state index is -0.933. The number of aromatic nitrogens is 2. The van der Waals surface area contributed by atoms with E-state index in [0.717, 1.165) is 36.2 Å². The summed E-state index contributed by atoms with van der Waals surface area (Å²) in [7, 11) is 0. The van der Waals surface area contributed by atoms with Crippen LogP contribution in [0.4, 0.5) is 0 Å². The molecular formula is C20H28N4O3S. The molecule has 1 saturated carbocycles. The number of hydrogen-bond acceptors (Lipinski definition) is 7. The van der Waals surface area contributed by atoms with Crippen molar-refractivity contribution < 1.29 is 14.3 Å². The molecule has 8 heteroatoms. The first-order valence-electron chi connectivity index (χ1n) is 9.61. The Balaban J connectivity index is 1.89. The lowest BCUT2D eigenvalue weighted by atomic mass is 9.83. The maximum Gasteiger partial charge on any atom is 0.306 e. The maximum atomic E-state index is 12.4. The van der Waals surface area contributed by atoms with Crippen molar-refractivity contribution in [1.82, 2.24) is 15.3 Å². The molecule has 0 radical (unpaired) electrons. The van der Waals surface area contributed by atoms with E-state index in [0.29, 0.717) is 24.4 Å². The highest BCUT2D eigenvalue weighted by atomic mass is 32.2. The topological polar surface area (TPSA) is 105 Å². The van der Waals surface area contributed by atoms with Gasteiger partial charge in [-0.15, -0.1) is 0 Å². The average molecular weight is 405 g/mol. The minimum absolute atomic E-state index is 0.144. The normalized spacial score (nSPS) is 16.7. The zero-order valence-electron chi connectivity index (χ0n) is 17.0. The second-order valence-corrected chi connectivity index (χ2v) is 8.01. The first-order valence-corrected chi connectivity index (χ1v) is 10.8. The van der Waals surface area contributed by atoms with Crippen molar-refractivity contribution in [3.05, 3.63) is 17.0 Å². The molecule has 1 fully saturated rings. The molecule has 0 aromatic carbocycles. The summed E-state index contributed by atoms with van der Waals surface area (Å²) in [5.74, 6) is -0.873. The van der Waals surface area contributed by atoms with Gasteiger partial charge in [0.1, 0.15) is 5.54 Å². The Kier molecular flexibility index (Phi) is 7.81. The van der Waals surface area contributed by atoms with Crippen LogP contribution in [0.1, 0.15) is 62.4 Å². The number of nitriles is 1. The highest BCUT2D eigenvalue weighted by Crippen LogP contribution is 2.27. The summed E-state index contributed by atoms with van der Waals surface area (Å²) in [6, 6.07) is 2.24. The van der Waals surface area contributed by atoms with E-state index >= 15 is 0 Å². The predicted molar refractivity (Wildman–Crippen MR) is 107 cm³/mol. The van der Waals surface area contributed by atoms with Crippen LogP contribution in [0.3, 0.4) is 0 Å². The third kappa shape index (κ3) is 5.68. The molecule has 0 unspecified atom stereocenters. The molecule has 1 amide bonds. The quantitative estimate of drug-likeness (QED) is 0.423. The van der Waals surface area contributed by atoms with E-state index in [1.54, 1.807) is 0 Å². The molecule has 28 heavy (non-hydrogen) atoms. The van der Waals surface area contributed by atoms with Gasteiger partial charge >= 0.3 is 5.97 Å². The number of ether oxygens (including phenoxy) is 1. The van der Waals surface area contributed by atoms with Crippen LogP contribution in [0, 0.1) is 25.2 Å². The third-order valence-electron chi connectivity index (χ3n) is 5.12. The van der Waals surface area contributed by atoms with Gasteiger partial charge in [0.15, 0.2) is 11.3 Å². The number of carbonyl (C=O) groups is 2. The summed E-state index contributed by atoms with van der Waals surface area (Å²) < 4.78 is 5.28. The van der Waals surface area contributed by atoms with Gasteiger partial charge in [-0.25, -0.2) is 9.97 Å². The van der Waals surface area contributed by atoms with Gasteiger partial charge < -0.3 is 10.1 Å². The SMILES string of the molecule is CSc1nc(C)c(CCC(=O)O[C@@H](C)C(=O)NC2(C#N)CCCCC2)c(C)n1. The Morgan fingerprint density at radius 2 is 1.86 bits per heavy atom. The Morgan fingerprint density at radius 3 is 2.39 bits per heavy atom. The van der Waals surface area contributed by atoms with Crippen LogP contribution < -0.4 is 5.32 Å². The van der Waals surface area contributed by atoms with E-state index in [4.69, 9.17) is 4.74 Å². The van der Waals surface area contributed by atoms with Gasteiger partial charge in [-0.05, 0) is 51.9 Å². The lowest BCUT2D eigenvalue weighted by Gasteiger charge is -2.32. The van der Waals surface area contributed by atoms with Gasteiger partial charge in [-0.3, -0.25) is 9.59 Å². The number of aryl methyl sites for hydroxylation is 2. The van der Waals surface area contributed by atoms with Crippen molar-refractivity contribution in [2.24, 2.45) is 0 Å². The average Bonchev–Trinajstić information content (AvgIpc) is 2.67. The summed E-state index contributed by atoms with van der Waals surface area (Å²) in [5, 5.41) is 13.0. The second kappa shape index (κ2) is 9.87. The molecule has 1 aliphatic rings. The molecule has 0 saturated heterocycles. The molecule has 1 heterocycles. The van der Waals surface area contributed by atoms with Crippen LogP contribution in [-0.2, 0) is 20.7 Å². The zero-order chi connectivity index (χ0) is 20.7. The highest BCUT2D eigenvalue weighted by Gasteiger charge is 2.35. The first kappa shape index (κ1) is 22.2. The number of amides is 1. The van der Waals surface area contributed by atoms with Gasteiger partial charge in [0.05, 0.1) is 6.07 Å². The fourth-order valence-corrected chi connectivity index (χ4v) is 3.91. The smallest absolute Gasteiger partial charge is 0.306 e. The van der Waals surface area contributed by atoms with E-state index in [1.165, 1.54) is 18.7 Å². The van der Waals surface area contributed by atoms with Crippen LogP contribution in [0.5, 0.6) is 0 Å². The number of carbonyl (C=O) groups excluding carboxylic acids is 2. The molecular weight excluding hydrogens is 376 g/mol. The van der Waals surface area contributed by atoms with Crippen molar-refractivity contribution >= 4 is 23.6 Å². The fraction of sp³-hybridized carbons (Fsp3) is 0.650. The predicted octanol–water partition coefficient (Wildman–Crippen LogP) is 3.02. The molecule has 152 valence electrons. The number of nitrogens with one attached hydrogen (secondary N) is 1. The molecule has 0 bridgehead atoms. The lowest BCUT2D eigenvalue weighted by molar-refractivity contribution is -0.155. The largest absolute Gasteiger partial charge is 0.453 e. The van der Waals surface area contributed by atoms with E-state index in [2.05, 4.69) is 21.4 Å². The van der Waals surface area contributed by atoms with Crippen LogP contribution in [0.25, 0.3) is 0 Å². The number of thioether (sulfide) groups is 1. The molecule has 1 aromatic heterocycles. The van der Waals surface area contributed by atoms with E-state index < -0.39 is 23.5 Å². The van der Waals surface area contributed by atoms with Gasteiger partial charge in [-0.1, -0.05) is 31.0 Å². The molecule has 1 atom stereocenters. The number of hydrogen-bond donors (Lipinski definition) is 1. The van der Waals surface area contributed by atoms with Gasteiger partial charge in [0.2, 0.25) is 0 Å². The summed E-state index contributed by atoms with van der Waals surface area (Å²) in [5.41, 5.74) is 1.80. The summed E-state index contributed by atoms with van der Waals surface area (Å²) >= 11 is 1.48. The van der Waals surface area contributed by atoms with Crippen LogP contribution in [-0.4, -0.2) is 39.7 Å². The summed E-state index contributed by atoms with van der Waals surface area (Å²) in [6.07, 6.45) is 5.77. The van der Waals surface area contributed by atoms with Gasteiger partial charge in [0.25, 0.3) is 5.91 Å². The first-order chi connectivity index (χ1) is 13.3.